The second-order valence-corrected chi connectivity index (χ2v) is 5.74. The number of aromatic nitrogens is 2. The number of halogens is 3. The van der Waals surface area contributed by atoms with Crippen molar-refractivity contribution in [2.45, 2.75) is 29.3 Å². The number of H-pyrrole nitrogens is 1. The average Bonchev–Trinajstić information content (AvgIpc) is 2.68. The maximum absolute atomic E-state index is 12.6. The van der Waals surface area contributed by atoms with Crippen LogP contribution in [-0.4, -0.2) is 37.7 Å². The van der Waals surface area contributed by atoms with Gasteiger partial charge >= 0.3 is 11.9 Å². The summed E-state index contributed by atoms with van der Waals surface area (Å²) in [5, 5.41) is 17.3. The maximum atomic E-state index is 12.6. The smallest absolute Gasteiger partial charge is 0.395 e. The van der Waals surface area contributed by atoms with E-state index in [1.54, 1.807) is 4.98 Å². The van der Waals surface area contributed by atoms with Gasteiger partial charge in [0.2, 0.25) is 0 Å². The van der Waals surface area contributed by atoms with E-state index < -0.39 is 39.7 Å². The van der Waals surface area contributed by atoms with Crippen LogP contribution in [0.3, 0.4) is 0 Å². The number of aromatic amines is 1. The fourth-order valence-corrected chi connectivity index (χ4v) is 3.33. The molecular formula is C10H11F3N2O4S. The topological polar surface area (TPSA) is 95.3 Å². The van der Waals surface area contributed by atoms with Crippen LogP contribution in [-0.2, 0) is 6.18 Å². The summed E-state index contributed by atoms with van der Waals surface area (Å²) in [6.45, 7) is -0.355. The maximum Gasteiger partial charge on any atom is 0.423 e. The quantitative estimate of drug-likeness (QED) is 0.709. The minimum absolute atomic E-state index is 0.0130. The molecular weight excluding hydrogens is 301 g/mol. The van der Waals surface area contributed by atoms with Gasteiger partial charge in [-0.15, -0.1) is 11.8 Å². The van der Waals surface area contributed by atoms with Crippen molar-refractivity contribution in [2.24, 2.45) is 0 Å². The van der Waals surface area contributed by atoms with Crippen molar-refractivity contribution in [2.75, 3.05) is 6.61 Å². The van der Waals surface area contributed by atoms with Gasteiger partial charge in [-0.3, -0.25) is 14.3 Å². The van der Waals surface area contributed by atoms with Crippen LogP contribution in [0.25, 0.3) is 0 Å². The number of hydrogen-bond acceptors (Lipinski definition) is 5. The molecule has 1 saturated heterocycles. The number of alkyl halides is 3. The summed E-state index contributed by atoms with van der Waals surface area (Å²) in [6.07, 6.45) is -5.34. The standard InChI is InChI=1S/C10H11F3N2O4S/c11-10(12,13)4-2-15(9(19)14-8(4)18)7-1-5(17)6(3-16)20-7/h2,5-7,16-17H,1,3H2,(H,14,18,19)/t5?,6-,7+/m1/s1. The molecule has 0 spiro atoms. The van der Waals surface area contributed by atoms with Crippen LogP contribution in [0.5, 0.6) is 0 Å². The number of nitrogens with zero attached hydrogens (tertiary/aromatic N) is 1. The molecule has 1 unspecified atom stereocenters. The molecule has 1 aromatic rings. The molecule has 6 nitrogen and oxygen atoms in total. The van der Waals surface area contributed by atoms with Crippen LogP contribution in [0.2, 0.25) is 0 Å². The molecule has 2 heterocycles. The Hall–Kier alpha value is -1.26. The van der Waals surface area contributed by atoms with Gasteiger partial charge in [0.05, 0.1) is 23.3 Å². The summed E-state index contributed by atoms with van der Waals surface area (Å²) in [5.74, 6) is 0. The zero-order valence-corrected chi connectivity index (χ0v) is 10.7. The van der Waals surface area contributed by atoms with Crippen LogP contribution in [0.15, 0.2) is 15.8 Å². The zero-order valence-electron chi connectivity index (χ0n) is 9.92. The van der Waals surface area contributed by atoms with Crippen molar-refractivity contribution in [3.63, 3.8) is 0 Å². The van der Waals surface area contributed by atoms with E-state index in [2.05, 4.69) is 0 Å². The molecule has 0 radical (unpaired) electrons. The molecule has 1 aliphatic rings. The zero-order chi connectivity index (χ0) is 15.1. The van der Waals surface area contributed by atoms with E-state index in [0.29, 0.717) is 6.20 Å². The molecule has 3 N–H and O–H groups in total. The summed E-state index contributed by atoms with van der Waals surface area (Å²) in [5.41, 5.74) is -3.95. The highest BCUT2D eigenvalue weighted by molar-refractivity contribution is 8.00. The minimum Gasteiger partial charge on any atom is -0.395 e. The van der Waals surface area contributed by atoms with Gasteiger partial charge in [-0.25, -0.2) is 4.79 Å². The van der Waals surface area contributed by atoms with E-state index in [1.807, 2.05) is 0 Å². The molecule has 20 heavy (non-hydrogen) atoms. The van der Waals surface area contributed by atoms with Gasteiger partial charge in [0.25, 0.3) is 5.56 Å². The molecule has 1 aliphatic heterocycles. The van der Waals surface area contributed by atoms with E-state index >= 15 is 0 Å². The first kappa shape index (κ1) is 15.1. The number of thioether (sulfide) groups is 1. The van der Waals surface area contributed by atoms with Crippen LogP contribution >= 0.6 is 11.8 Å². The van der Waals surface area contributed by atoms with Gasteiger partial charge in [0.1, 0.15) is 5.56 Å². The fourth-order valence-electron chi connectivity index (χ4n) is 1.95. The van der Waals surface area contributed by atoms with Crippen LogP contribution in [0, 0.1) is 0 Å². The first-order valence-electron chi connectivity index (χ1n) is 5.61. The molecule has 1 aromatic heterocycles. The minimum atomic E-state index is -4.87. The molecule has 0 bridgehead atoms. The van der Waals surface area contributed by atoms with E-state index in [9.17, 15) is 27.9 Å². The van der Waals surface area contributed by atoms with Crippen molar-refractivity contribution in [3.8, 4) is 0 Å². The van der Waals surface area contributed by atoms with E-state index in [-0.39, 0.29) is 13.0 Å². The largest absolute Gasteiger partial charge is 0.423 e. The SMILES string of the molecule is O=c1[nH]c(=O)n([C@@H]2CC(O)[C@@H](CO)S2)cc1C(F)(F)F. The van der Waals surface area contributed by atoms with Gasteiger partial charge in [-0.2, -0.15) is 13.2 Å². The first-order chi connectivity index (χ1) is 9.24. The van der Waals surface area contributed by atoms with Crippen LogP contribution < -0.4 is 11.2 Å². The summed E-state index contributed by atoms with van der Waals surface area (Å²) in [6, 6.07) is 0. The van der Waals surface area contributed by atoms with Gasteiger partial charge < -0.3 is 10.2 Å². The lowest BCUT2D eigenvalue weighted by atomic mass is 10.2. The average molecular weight is 312 g/mol. The Balaban J connectivity index is 2.43. The molecule has 3 atom stereocenters. The second kappa shape index (κ2) is 5.26. The van der Waals surface area contributed by atoms with Crippen molar-refractivity contribution in [1.29, 1.82) is 0 Å². The summed E-state index contributed by atoms with van der Waals surface area (Å²) in [7, 11) is 0. The highest BCUT2D eigenvalue weighted by Gasteiger charge is 2.38. The lowest BCUT2D eigenvalue weighted by Gasteiger charge is -2.15. The van der Waals surface area contributed by atoms with Crippen molar-refractivity contribution >= 4 is 11.8 Å². The number of aliphatic hydroxyl groups excluding tert-OH is 2. The summed E-state index contributed by atoms with van der Waals surface area (Å²) >= 11 is 0.985. The van der Waals surface area contributed by atoms with Gasteiger partial charge in [0.15, 0.2) is 0 Å². The Labute approximate surface area is 114 Å². The molecule has 1 fully saturated rings. The normalized spacial score (nSPS) is 26.9. The molecule has 0 aliphatic carbocycles. The molecule has 0 aromatic carbocycles. The number of hydrogen-bond donors (Lipinski definition) is 3. The predicted octanol–water partition coefficient (Wildman–Crippen LogP) is -0.0873. The Kier molecular flexibility index (Phi) is 3.98. The molecule has 112 valence electrons. The van der Waals surface area contributed by atoms with E-state index in [1.165, 1.54) is 0 Å². The number of rotatable bonds is 2. The number of nitrogens with one attached hydrogen (secondary N) is 1. The van der Waals surface area contributed by atoms with Crippen molar-refractivity contribution in [3.05, 3.63) is 32.6 Å². The Morgan fingerprint density at radius 3 is 2.60 bits per heavy atom. The Bertz CT molecular complexity index is 612. The van der Waals surface area contributed by atoms with Crippen LogP contribution in [0.1, 0.15) is 17.4 Å². The molecule has 0 amide bonds. The third-order valence-corrected chi connectivity index (χ3v) is 4.51. The van der Waals surface area contributed by atoms with E-state index in [4.69, 9.17) is 5.11 Å². The molecule has 0 saturated carbocycles. The van der Waals surface area contributed by atoms with Crippen molar-refractivity contribution in [1.82, 2.24) is 9.55 Å². The lowest BCUT2D eigenvalue weighted by molar-refractivity contribution is -0.139. The predicted molar refractivity (Wildman–Crippen MR) is 64.5 cm³/mol. The van der Waals surface area contributed by atoms with Gasteiger partial charge in [-0.05, 0) is 0 Å². The third kappa shape index (κ3) is 2.76. The second-order valence-electron chi connectivity index (χ2n) is 4.32. The van der Waals surface area contributed by atoms with Gasteiger partial charge in [-0.1, -0.05) is 0 Å². The summed E-state index contributed by atoms with van der Waals surface area (Å²) < 4.78 is 38.6. The van der Waals surface area contributed by atoms with Gasteiger partial charge in [0, 0.05) is 12.6 Å². The number of aliphatic hydroxyl groups is 2. The van der Waals surface area contributed by atoms with E-state index in [0.717, 1.165) is 16.3 Å². The lowest BCUT2D eigenvalue weighted by Crippen LogP contribution is -2.35. The molecule has 2 rings (SSSR count). The third-order valence-electron chi connectivity index (χ3n) is 2.97. The Morgan fingerprint density at radius 2 is 2.10 bits per heavy atom. The summed E-state index contributed by atoms with van der Waals surface area (Å²) in [4.78, 5) is 24.4. The van der Waals surface area contributed by atoms with Crippen molar-refractivity contribution < 1.29 is 23.4 Å². The van der Waals surface area contributed by atoms with Crippen LogP contribution in [0.4, 0.5) is 13.2 Å². The highest BCUT2D eigenvalue weighted by atomic mass is 32.2. The highest BCUT2D eigenvalue weighted by Crippen LogP contribution is 2.40. The first-order valence-corrected chi connectivity index (χ1v) is 6.55. The Morgan fingerprint density at radius 1 is 1.45 bits per heavy atom. The monoisotopic (exact) mass is 312 g/mol. The molecule has 10 heteroatoms. The fraction of sp³-hybridized carbons (Fsp3) is 0.600.